The molecule has 0 fully saturated rings. The van der Waals surface area contributed by atoms with E-state index in [2.05, 4.69) is 9.71 Å². The van der Waals surface area contributed by atoms with Crippen molar-refractivity contribution in [3.63, 3.8) is 0 Å². The third kappa shape index (κ3) is 3.26. The quantitative estimate of drug-likeness (QED) is 0.653. The molecular formula is C12H12N4O4S. The van der Waals surface area contributed by atoms with Crippen LogP contribution in [0, 0.1) is 17.0 Å². The Hall–Kier alpha value is -2.68. The van der Waals surface area contributed by atoms with Crippen molar-refractivity contribution in [2.24, 2.45) is 0 Å². The number of aryl methyl sites for hydroxylation is 1. The molecule has 3 N–H and O–H groups in total. The van der Waals surface area contributed by atoms with Crippen molar-refractivity contribution in [3.05, 3.63) is 52.2 Å². The molecule has 0 saturated carbocycles. The van der Waals surface area contributed by atoms with E-state index in [0.717, 1.165) is 12.3 Å². The Morgan fingerprint density at radius 3 is 2.57 bits per heavy atom. The third-order valence-corrected chi connectivity index (χ3v) is 4.09. The van der Waals surface area contributed by atoms with E-state index in [4.69, 9.17) is 5.73 Å². The Bertz CT molecular complexity index is 787. The number of nitro groups is 1. The number of nitrogens with zero attached hydrogens (tertiary/aromatic N) is 2. The molecule has 21 heavy (non-hydrogen) atoms. The summed E-state index contributed by atoms with van der Waals surface area (Å²) in [4.78, 5) is 13.9. The van der Waals surface area contributed by atoms with Gasteiger partial charge in [0, 0.05) is 17.8 Å². The maximum atomic E-state index is 12.1. The zero-order valence-electron chi connectivity index (χ0n) is 11.0. The lowest BCUT2D eigenvalue weighted by Gasteiger charge is -2.08. The second-order valence-electron chi connectivity index (χ2n) is 4.28. The Kier molecular flexibility index (Phi) is 3.76. The molecule has 0 aliphatic heterocycles. The standard InChI is InChI=1S/C12H12N4O4S/c1-8-2-3-9(6-11(8)16(17)18)15-21(19,20)10-4-5-12(13)14-7-10/h2-7,15H,1H3,(H2,13,14). The summed E-state index contributed by atoms with van der Waals surface area (Å²) in [6, 6.07) is 6.73. The lowest BCUT2D eigenvalue weighted by atomic mass is 10.2. The van der Waals surface area contributed by atoms with Crippen molar-refractivity contribution in [1.29, 1.82) is 0 Å². The number of nitrogens with two attached hydrogens (primary N) is 1. The number of anilines is 2. The molecule has 0 unspecified atom stereocenters. The zero-order chi connectivity index (χ0) is 15.6. The second kappa shape index (κ2) is 5.37. The van der Waals surface area contributed by atoms with Crippen LogP contribution in [0.25, 0.3) is 0 Å². The van der Waals surface area contributed by atoms with E-state index in [1.807, 2.05) is 0 Å². The van der Waals surface area contributed by atoms with Gasteiger partial charge in [-0.15, -0.1) is 0 Å². The number of nitrogen functional groups attached to an aromatic ring is 1. The van der Waals surface area contributed by atoms with Gasteiger partial charge in [0.05, 0.1) is 10.6 Å². The fourth-order valence-electron chi connectivity index (χ4n) is 1.63. The SMILES string of the molecule is Cc1ccc(NS(=O)(=O)c2ccc(N)nc2)cc1[N+](=O)[O-]. The second-order valence-corrected chi connectivity index (χ2v) is 5.97. The van der Waals surface area contributed by atoms with Crippen LogP contribution in [0.1, 0.15) is 5.56 Å². The zero-order valence-corrected chi connectivity index (χ0v) is 11.8. The van der Waals surface area contributed by atoms with E-state index in [-0.39, 0.29) is 22.1 Å². The monoisotopic (exact) mass is 308 g/mol. The smallest absolute Gasteiger partial charge is 0.274 e. The number of nitrogens with one attached hydrogen (secondary N) is 1. The van der Waals surface area contributed by atoms with E-state index in [1.54, 1.807) is 6.92 Å². The normalized spacial score (nSPS) is 11.1. The minimum atomic E-state index is -3.88. The van der Waals surface area contributed by atoms with Gasteiger partial charge >= 0.3 is 0 Å². The van der Waals surface area contributed by atoms with Crippen LogP contribution >= 0.6 is 0 Å². The van der Waals surface area contributed by atoms with Crippen LogP contribution in [0.3, 0.4) is 0 Å². The first-order chi connectivity index (χ1) is 9.79. The lowest BCUT2D eigenvalue weighted by molar-refractivity contribution is -0.385. The number of hydrogen-bond donors (Lipinski definition) is 2. The van der Waals surface area contributed by atoms with Gasteiger partial charge in [-0.1, -0.05) is 6.07 Å². The van der Waals surface area contributed by atoms with E-state index in [9.17, 15) is 18.5 Å². The maximum absolute atomic E-state index is 12.1. The number of rotatable bonds is 4. The molecule has 0 radical (unpaired) electrons. The Labute approximate surface area is 120 Å². The molecule has 8 nitrogen and oxygen atoms in total. The van der Waals surface area contributed by atoms with Gasteiger partial charge in [-0.25, -0.2) is 13.4 Å². The van der Waals surface area contributed by atoms with E-state index in [0.29, 0.717) is 5.56 Å². The maximum Gasteiger partial charge on any atom is 0.274 e. The van der Waals surface area contributed by atoms with Crippen molar-refractivity contribution in [3.8, 4) is 0 Å². The molecule has 110 valence electrons. The van der Waals surface area contributed by atoms with Crippen LogP contribution in [-0.2, 0) is 10.0 Å². The molecule has 0 spiro atoms. The molecule has 2 rings (SSSR count). The fourth-order valence-corrected chi connectivity index (χ4v) is 2.63. The average Bonchev–Trinajstić information content (AvgIpc) is 2.41. The number of sulfonamides is 1. The summed E-state index contributed by atoms with van der Waals surface area (Å²) in [7, 11) is -3.88. The minimum Gasteiger partial charge on any atom is -0.384 e. The van der Waals surface area contributed by atoms with E-state index in [1.165, 1.54) is 24.3 Å². The van der Waals surface area contributed by atoms with Crippen molar-refractivity contribution in [2.75, 3.05) is 10.5 Å². The molecule has 0 bridgehead atoms. The summed E-state index contributed by atoms with van der Waals surface area (Å²) in [5.74, 6) is 0.194. The van der Waals surface area contributed by atoms with Crippen LogP contribution in [0.5, 0.6) is 0 Å². The highest BCUT2D eigenvalue weighted by atomic mass is 32.2. The van der Waals surface area contributed by atoms with Crippen molar-refractivity contribution < 1.29 is 13.3 Å². The number of nitro benzene ring substituents is 1. The molecule has 1 heterocycles. The summed E-state index contributed by atoms with van der Waals surface area (Å²) < 4.78 is 26.5. The summed E-state index contributed by atoms with van der Waals surface area (Å²) in [5, 5.41) is 10.9. The minimum absolute atomic E-state index is 0.0834. The van der Waals surface area contributed by atoms with Crippen molar-refractivity contribution >= 4 is 27.2 Å². The molecule has 0 saturated heterocycles. The van der Waals surface area contributed by atoms with Gasteiger partial charge < -0.3 is 5.73 Å². The van der Waals surface area contributed by atoms with E-state index >= 15 is 0 Å². The van der Waals surface area contributed by atoms with Crippen LogP contribution in [-0.4, -0.2) is 18.3 Å². The van der Waals surface area contributed by atoms with Gasteiger partial charge in [-0.2, -0.15) is 0 Å². The topological polar surface area (TPSA) is 128 Å². The van der Waals surface area contributed by atoms with Gasteiger partial charge in [-0.05, 0) is 25.1 Å². The number of aromatic nitrogens is 1. The average molecular weight is 308 g/mol. The highest BCUT2D eigenvalue weighted by Gasteiger charge is 2.17. The van der Waals surface area contributed by atoms with Crippen LogP contribution < -0.4 is 10.5 Å². The third-order valence-electron chi connectivity index (χ3n) is 2.73. The highest BCUT2D eigenvalue weighted by Crippen LogP contribution is 2.24. The summed E-state index contributed by atoms with van der Waals surface area (Å²) in [5.41, 5.74) is 5.77. The number of pyridine rings is 1. The van der Waals surface area contributed by atoms with E-state index < -0.39 is 14.9 Å². The predicted molar refractivity (Wildman–Crippen MR) is 77.3 cm³/mol. The molecular weight excluding hydrogens is 296 g/mol. The predicted octanol–water partition coefficient (Wildman–Crippen LogP) is 1.68. The molecule has 1 aromatic heterocycles. The molecule has 0 aliphatic carbocycles. The summed E-state index contributed by atoms with van der Waals surface area (Å²) in [6.45, 7) is 1.57. The van der Waals surface area contributed by atoms with Crippen molar-refractivity contribution in [1.82, 2.24) is 4.98 Å². The molecule has 2 aromatic rings. The van der Waals surface area contributed by atoms with Crippen LogP contribution in [0.4, 0.5) is 17.2 Å². The largest absolute Gasteiger partial charge is 0.384 e. The number of benzene rings is 1. The van der Waals surface area contributed by atoms with Gasteiger partial charge in [0.25, 0.3) is 15.7 Å². The van der Waals surface area contributed by atoms with Gasteiger partial charge in [-0.3, -0.25) is 14.8 Å². The number of hydrogen-bond acceptors (Lipinski definition) is 6. The Balaban J connectivity index is 2.35. The fraction of sp³-hybridized carbons (Fsp3) is 0.0833. The first-order valence-electron chi connectivity index (χ1n) is 5.79. The van der Waals surface area contributed by atoms with Crippen LogP contribution in [0.2, 0.25) is 0 Å². The summed E-state index contributed by atoms with van der Waals surface area (Å²) in [6.07, 6.45) is 1.11. The Morgan fingerprint density at radius 1 is 1.29 bits per heavy atom. The van der Waals surface area contributed by atoms with Crippen LogP contribution in [0.15, 0.2) is 41.4 Å². The van der Waals surface area contributed by atoms with Crippen molar-refractivity contribution in [2.45, 2.75) is 11.8 Å². The van der Waals surface area contributed by atoms with Gasteiger partial charge in [0.15, 0.2) is 0 Å². The molecule has 0 amide bonds. The lowest BCUT2D eigenvalue weighted by Crippen LogP contribution is -2.13. The van der Waals surface area contributed by atoms with Gasteiger partial charge in [0.1, 0.15) is 10.7 Å². The molecule has 0 aliphatic rings. The Morgan fingerprint density at radius 2 is 2.00 bits per heavy atom. The molecule has 9 heteroatoms. The first kappa shape index (κ1) is 14.7. The molecule has 0 atom stereocenters. The summed E-state index contributed by atoms with van der Waals surface area (Å²) >= 11 is 0. The van der Waals surface area contributed by atoms with Gasteiger partial charge in [0.2, 0.25) is 0 Å². The first-order valence-corrected chi connectivity index (χ1v) is 7.27. The highest BCUT2D eigenvalue weighted by molar-refractivity contribution is 7.92. The molecule has 1 aromatic carbocycles.